The third-order valence-corrected chi connectivity index (χ3v) is 5.29. The summed E-state index contributed by atoms with van der Waals surface area (Å²) in [5.41, 5.74) is 0.564. The molecule has 30 heavy (non-hydrogen) atoms. The number of amides is 3. The lowest BCUT2D eigenvalue weighted by molar-refractivity contribution is -0.385. The van der Waals surface area contributed by atoms with E-state index >= 15 is 0 Å². The van der Waals surface area contributed by atoms with Crippen molar-refractivity contribution in [3.63, 3.8) is 0 Å². The second-order valence-corrected chi connectivity index (χ2v) is 7.10. The van der Waals surface area contributed by atoms with Crippen LogP contribution in [0.25, 0.3) is 0 Å². The maximum absolute atomic E-state index is 12.8. The monoisotopic (exact) mass is 409 g/mol. The van der Waals surface area contributed by atoms with E-state index in [1.807, 2.05) is 4.90 Å². The molecule has 0 radical (unpaired) electrons. The van der Waals surface area contributed by atoms with E-state index in [0.717, 1.165) is 4.90 Å². The number of anilines is 1. The van der Waals surface area contributed by atoms with Gasteiger partial charge in [0.2, 0.25) is 5.91 Å². The van der Waals surface area contributed by atoms with Crippen molar-refractivity contribution in [2.75, 3.05) is 37.6 Å². The fourth-order valence-corrected chi connectivity index (χ4v) is 3.69. The van der Waals surface area contributed by atoms with E-state index in [9.17, 15) is 24.5 Å². The van der Waals surface area contributed by atoms with Gasteiger partial charge in [-0.3, -0.25) is 29.4 Å². The Morgan fingerprint density at radius 1 is 1.00 bits per heavy atom. The normalized spacial score (nSPS) is 16.5. The summed E-state index contributed by atoms with van der Waals surface area (Å²) in [6.45, 7) is 1.74. The molecule has 1 fully saturated rings. The Bertz CT molecular complexity index is 988. The van der Waals surface area contributed by atoms with Gasteiger partial charge in [0, 0.05) is 32.2 Å². The van der Waals surface area contributed by atoms with Crippen molar-refractivity contribution >= 4 is 29.2 Å². The molecular weight excluding hydrogens is 390 g/mol. The highest BCUT2D eigenvalue weighted by atomic mass is 16.6. The second-order valence-electron chi connectivity index (χ2n) is 7.10. The number of rotatable bonds is 4. The lowest BCUT2D eigenvalue weighted by Gasteiger charge is -2.24. The molecular formula is C20H19N5O5. The lowest BCUT2D eigenvalue weighted by Crippen LogP contribution is -2.44. The fraction of sp³-hybridized carbons (Fsp3) is 0.300. The van der Waals surface area contributed by atoms with Gasteiger partial charge in [0.25, 0.3) is 17.5 Å². The number of aromatic nitrogens is 1. The molecule has 4 rings (SSSR count). The first-order valence-electron chi connectivity index (χ1n) is 9.54. The molecule has 2 aromatic rings. The highest BCUT2D eigenvalue weighted by molar-refractivity contribution is 6.22. The molecule has 2 aliphatic rings. The molecule has 3 heterocycles. The molecule has 0 unspecified atom stereocenters. The largest absolute Gasteiger partial charge is 0.355 e. The van der Waals surface area contributed by atoms with Crippen molar-refractivity contribution in [1.29, 1.82) is 0 Å². The average Bonchev–Trinajstić information content (AvgIpc) is 2.93. The van der Waals surface area contributed by atoms with Gasteiger partial charge in [-0.1, -0.05) is 12.1 Å². The molecule has 1 aromatic carbocycles. The third-order valence-electron chi connectivity index (χ3n) is 5.29. The number of imide groups is 1. The minimum atomic E-state index is -0.501. The lowest BCUT2D eigenvalue weighted by atomic mass is 10.1. The summed E-state index contributed by atoms with van der Waals surface area (Å²) in [5.74, 6) is -0.579. The van der Waals surface area contributed by atoms with Gasteiger partial charge in [-0.05, 0) is 24.6 Å². The molecule has 2 aliphatic heterocycles. The van der Waals surface area contributed by atoms with Crippen LogP contribution in [0.1, 0.15) is 27.1 Å². The molecule has 0 aliphatic carbocycles. The van der Waals surface area contributed by atoms with Crippen molar-refractivity contribution in [3.8, 4) is 0 Å². The maximum atomic E-state index is 12.8. The predicted octanol–water partition coefficient (Wildman–Crippen LogP) is 1.32. The molecule has 154 valence electrons. The number of nitro groups is 1. The van der Waals surface area contributed by atoms with E-state index < -0.39 is 16.7 Å². The zero-order valence-corrected chi connectivity index (χ0v) is 16.1. The Morgan fingerprint density at radius 3 is 2.30 bits per heavy atom. The summed E-state index contributed by atoms with van der Waals surface area (Å²) in [7, 11) is 0. The van der Waals surface area contributed by atoms with Crippen LogP contribution in [0.5, 0.6) is 0 Å². The first-order valence-corrected chi connectivity index (χ1v) is 9.54. The number of fused-ring (bicyclic) bond motifs is 1. The maximum Gasteiger partial charge on any atom is 0.287 e. The molecule has 1 aromatic heterocycles. The van der Waals surface area contributed by atoms with Crippen LogP contribution in [0.15, 0.2) is 42.6 Å². The summed E-state index contributed by atoms with van der Waals surface area (Å²) in [6.07, 6.45) is 1.89. The predicted molar refractivity (Wildman–Crippen MR) is 106 cm³/mol. The Kier molecular flexibility index (Phi) is 5.13. The highest BCUT2D eigenvalue weighted by Crippen LogP contribution is 2.23. The van der Waals surface area contributed by atoms with Gasteiger partial charge in [0.1, 0.15) is 18.6 Å². The van der Waals surface area contributed by atoms with Gasteiger partial charge in [-0.2, -0.15) is 0 Å². The van der Waals surface area contributed by atoms with Crippen molar-refractivity contribution in [2.45, 2.75) is 6.42 Å². The van der Waals surface area contributed by atoms with E-state index in [0.29, 0.717) is 49.5 Å². The van der Waals surface area contributed by atoms with E-state index in [-0.39, 0.29) is 18.1 Å². The zero-order chi connectivity index (χ0) is 21.3. The molecule has 0 spiro atoms. The fourth-order valence-electron chi connectivity index (χ4n) is 3.69. The number of benzene rings is 1. The van der Waals surface area contributed by atoms with Crippen molar-refractivity contribution in [1.82, 2.24) is 14.8 Å². The van der Waals surface area contributed by atoms with Gasteiger partial charge in [0.05, 0.1) is 16.1 Å². The third kappa shape index (κ3) is 3.59. The molecule has 0 saturated carbocycles. The van der Waals surface area contributed by atoms with Crippen molar-refractivity contribution in [3.05, 3.63) is 63.8 Å². The smallest absolute Gasteiger partial charge is 0.287 e. The first kappa shape index (κ1) is 19.5. The Hall–Kier alpha value is -3.82. The molecule has 1 saturated heterocycles. The number of nitrogens with zero attached hydrogens (tertiary/aromatic N) is 5. The van der Waals surface area contributed by atoms with Crippen LogP contribution in [0.2, 0.25) is 0 Å². The molecule has 3 amide bonds. The minimum Gasteiger partial charge on any atom is -0.355 e. The van der Waals surface area contributed by atoms with Crippen LogP contribution in [-0.4, -0.2) is 70.2 Å². The van der Waals surface area contributed by atoms with Crippen molar-refractivity contribution in [2.24, 2.45) is 0 Å². The molecule has 0 bridgehead atoms. The Morgan fingerprint density at radius 2 is 1.70 bits per heavy atom. The van der Waals surface area contributed by atoms with Crippen LogP contribution in [0, 0.1) is 10.1 Å². The van der Waals surface area contributed by atoms with E-state index in [4.69, 9.17) is 0 Å². The second kappa shape index (κ2) is 7.90. The minimum absolute atomic E-state index is 0.0775. The van der Waals surface area contributed by atoms with Gasteiger partial charge in [0.15, 0.2) is 0 Å². The van der Waals surface area contributed by atoms with Crippen LogP contribution < -0.4 is 4.90 Å². The van der Waals surface area contributed by atoms with E-state index in [1.165, 1.54) is 12.3 Å². The number of carbonyl (C=O) groups is 3. The summed E-state index contributed by atoms with van der Waals surface area (Å²) < 4.78 is 0. The zero-order valence-electron chi connectivity index (χ0n) is 16.1. The average molecular weight is 409 g/mol. The summed E-state index contributed by atoms with van der Waals surface area (Å²) >= 11 is 0. The molecule has 10 nitrogen and oxygen atoms in total. The molecule has 10 heteroatoms. The van der Waals surface area contributed by atoms with E-state index in [2.05, 4.69) is 4.98 Å². The van der Waals surface area contributed by atoms with Crippen LogP contribution in [0.4, 0.5) is 11.5 Å². The Balaban J connectivity index is 1.39. The highest BCUT2D eigenvalue weighted by Gasteiger charge is 2.37. The Labute approximate surface area is 171 Å². The van der Waals surface area contributed by atoms with Gasteiger partial charge < -0.3 is 9.80 Å². The van der Waals surface area contributed by atoms with E-state index in [1.54, 1.807) is 35.2 Å². The quantitative estimate of drug-likeness (QED) is 0.425. The molecule has 0 atom stereocenters. The van der Waals surface area contributed by atoms with Crippen LogP contribution in [0.3, 0.4) is 0 Å². The molecule has 0 N–H and O–H groups in total. The van der Waals surface area contributed by atoms with Crippen molar-refractivity contribution < 1.29 is 19.3 Å². The first-order chi connectivity index (χ1) is 14.5. The number of pyridine rings is 1. The van der Waals surface area contributed by atoms with Gasteiger partial charge in [-0.15, -0.1) is 0 Å². The topological polar surface area (TPSA) is 117 Å². The number of carbonyl (C=O) groups excluding carboxylic acids is 3. The van der Waals surface area contributed by atoms with Crippen LogP contribution in [-0.2, 0) is 4.79 Å². The van der Waals surface area contributed by atoms with Gasteiger partial charge in [-0.25, -0.2) is 4.98 Å². The number of hydrogen-bond acceptors (Lipinski definition) is 7. The van der Waals surface area contributed by atoms with Gasteiger partial charge >= 0.3 is 0 Å². The summed E-state index contributed by atoms with van der Waals surface area (Å²) in [6, 6.07) is 9.53. The summed E-state index contributed by atoms with van der Waals surface area (Å²) in [4.78, 5) is 56.7. The SMILES string of the molecule is O=C(CN1C(=O)c2ccccc2C1=O)N1CCCN(c2ccc([N+](=O)[O-])cn2)CC1. The summed E-state index contributed by atoms with van der Waals surface area (Å²) in [5, 5.41) is 10.8. The van der Waals surface area contributed by atoms with Crippen LogP contribution >= 0.6 is 0 Å². The standard InChI is InChI=1S/C20H19N5O5/c26-18(13-24-19(27)15-4-1-2-5-16(15)20(24)28)23-9-3-8-22(10-11-23)17-7-6-14(12-21-17)25(29)30/h1-2,4-7,12H,3,8-11,13H2. The number of hydrogen-bond donors (Lipinski definition) is 0.